The molecule has 0 atom stereocenters. The molecule has 0 unspecified atom stereocenters. The highest BCUT2D eigenvalue weighted by Crippen LogP contribution is 2.26. The third-order valence-corrected chi connectivity index (χ3v) is 4.97. The Bertz CT molecular complexity index is 687. The summed E-state index contributed by atoms with van der Waals surface area (Å²) in [5.74, 6) is 0.426. The molecule has 1 saturated carbocycles. The lowest BCUT2D eigenvalue weighted by Crippen LogP contribution is -2.22. The minimum absolute atomic E-state index is 0.0241. The van der Waals surface area contributed by atoms with E-state index >= 15 is 0 Å². The molecule has 0 aromatic carbocycles. The Hall–Kier alpha value is -2.15. The molecule has 122 valence electrons. The highest BCUT2D eigenvalue weighted by molar-refractivity contribution is 7.09. The molecule has 7 heteroatoms. The molecule has 2 N–H and O–H groups in total. The van der Waals surface area contributed by atoms with Crippen LogP contribution in [0.3, 0.4) is 0 Å². The highest BCUT2D eigenvalue weighted by Gasteiger charge is 2.24. The molecule has 2 aromatic heterocycles. The van der Waals surface area contributed by atoms with Gasteiger partial charge in [-0.3, -0.25) is 14.3 Å². The normalized spacial score (nSPS) is 14.8. The Morgan fingerprint density at radius 2 is 2.17 bits per heavy atom. The van der Waals surface area contributed by atoms with Crippen LogP contribution in [0.25, 0.3) is 0 Å². The molecule has 1 aliphatic rings. The van der Waals surface area contributed by atoms with Crippen molar-refractivity contribution >= 4 is 29.0 Å². The number of aromatic nitrogens is 2. The third kappa shape index (κ3) is 3.79. The van der Waals surface area contributed by atoms with Crippen molar-refractivity contribution in [3.63, 3.8) is 0 Å². The van der Waals surface area contributed by atoms with Gasteiger partial charge in [0.05, 0.1) is 6.54 Å². The van der Waals surface area contributed by atoms with Crippen molar-refractivity contribution in [2.45, 2.75) is 32.2 Å². The predicted molar refractivity (Wildman–Crippen MR) is 89.3 cm³/mol. The van der Waals surface area contributed by atoms with Gasteiger partial charge in [-0.25, -0.2) is 0 Å². The number of carbonyl (C=O) groups is 2. The summed E-state index contributed by atoms with van der Waals surface area (Å²) in [7, 11) is 1.72. The van der Waals surface area contributed by atoms with E-state index in [1.54, 1.807) is 24.5 Å². The van der Waals surface area contributed by atoms with Gasteiger partial charge in [-0.05, 0) is 24.3 Å². The maximum absolute atomic E-state index is 12.2. The molecule has 6 nitrogen and oxygen atoms in total. The number of hydrogen-bond acceptors (Lipinski definition) is 4. The molecule has 0 bridgehead atoms. The van der Waals surface area contributed by atoms with Gasteiger partial charge < -0.3 is 10.6 Å². The minimum Gasteiger partial charge on any atom is -0.346 e. The van der Waals surface area contributed by atoms with Crippen LogP contribution in [0.1, 0.15) is 41.0 Å². The van der Waals surface area contributed by atoms with Gasteiger partial charge in [0.15, 0.2) is 5.69 Å². The van der Waals surface area contributed by atoms with Crippen LogP contribution >= 0.6 is 11.3 Å². The predicted octanol–water partition coefficient (Wildman–Crippen LogP) is 2.54. The second-order valence-electron chi connectivity index (χ2n) is 5.77. The lowest BCUT2D eigenvalue weighted by atomic mass is 10.1. The fraction of sp³-hybridized carbons (Fsp3) is 0.438. The summed E-state index contributed by atoms with van der Waals surface area (Å²) in [4.78, 5) is 25.4. The first-order valence-corrected chi connectivity index (χ1v) is 8.67. The molecular weight excluding hydrogens is 312 g/mol. The van der Waals surface area contributed by atoms with Crippen molar-refractivity contribution < 1.29 is 9.59 Å². The van der Waals surface area contributed by atoms with Crippen molar-refractivity contribution in [1.29, 1.82) is 0 Å². The Balaban J connectivity index is 1.60. The van der Waals surface area contributed by atoms with Crippen molar-refractivity contribution in [3.8, 4) is 0 Å². The molecule has 0 saturated heterocycles. The molecule has 3 rings (SSSR count). The first-order valence-electron chi connectivity index (χ1n) is 7.79. The number of amides is 2. The number of nitrogens with zero attached hydrogens (tertiary/aromatic N) is 2. The summed E-state index contributed by atoms with van der Waals surface area (Å²) in [5, 5.41) is 11.9. The van der Waals surface area contributed by atoms with Gasteiger partial charge in [-0.2, -0.15) is 5.10 Å². The van der Waals surface area contributed by atoms with Crippen molar-refractivity contribution in [1.82, 2.24) is 15.1 Å². The average Bonchev–Trinajstić information content (AvgIpc) is 3.27. The zero-order chi connectivity index (χ0) is 16.2. The molecule has 23 heavy (non-hydrogen) atoms. The van der Waals surface area contributed by atoms with Crippen LogP contribution in [0.4, 0.5) is 5.82 Å². The van der Waals surface area contributed by atoms with E-state index in [2.05, 4.69) is 15.7 Å². The van der Waals surface area contributed by atoms with E-state index < -0.39 is 0 Å². The van der Waals surface area contributed by atoms with E-state index in [1.807, 2.05) is 17.5 Å². The van der Waals surface area contributed by atoms with E-state index in [0.29, 0.717) is 18.1 Å². The molecular formula is C16H20N4O2S. The van der Waals surface area contributed by atoms with E-state index in [1.165, 1.54) is 4.68 Å². The molecule has 2 aromatic rings. The van der Waals surface area contributed by atoms with Crippen molar-refractivity contribution in [2.75, 3.05) is 5.32 Å². The Kier molecular flexibility index (Phi) is 4.76. The molecule has 2 amide bonds. The maximum atomic E-state index is 12.2. The number of nitrogens with one attached hydrogen (secondary N) is 2. The first-order chi connectivity index (χ1) is 11.1. The topological polar surface area (TPSA) is 76.0 Å². The van der Waals surface area contributed by atoms with Crippen LogP contribution in [-0.2, 0) is 18.4 Å². The van der Waals surface area contributed by atoms with Crippen molar-refractivity contribution in [3.05, 3.63) is 34.2 Å². The largest absolute Gasteiger partial charge is 0.346 e. The summed E-state index contributed by atoms with van der Waals surface area (Å²) in [6, 6.07) is 5.54. The molecule has 0 radical (unpaired) electrons. The summed E-state index contributed by atoms with van der Waals surface area (Å²) >= 11 is 1.59. The van der Waals surface area contributed by atoms with E-state index in [-0.39, 0.29) is 17.7 Å². The zero-order valence-electron chi connectivity index (χ0n) is 13.0. The molecule has 0 spiro atoms. The molecule has 2 heterocycles. The standard InChI is InChI=1S/C16H20N4O2S/c1-20-14(18-15(21)11-5-2-3-6-11)9-13(19-20)16(22)17-10-12-7-4-8-23-12/h4,7-9,11H,2-3,5-6,10H2,1H3,(H,17,22)(H,18,21). The van der Waals surface area contributed by atoms with E-state index in [4.69, 9.17) is 0 Å². The monoisotopic (exact) mass is 332 g/mol. The van der Waals surface area contributed by atoms with Gasteiger partial charge in [0.25, 0.3) is 5.91 Å². The maximum Gasteiger partial charge on any atom is 0.272 e. The Morgan fingerprint density at radius 1 is 1.39 bits per heavy atom. The van der Waals surface area contributed by atoms with Crippen LogP contribution in [-0.4, -0.2) is 21.6 Å². The molecule has 1 fully saturated rings. The van der Waals surface area contributed by atoms with Gasteiger partial charge in [0, 0.05) is 23.9 Å². The van der Waals surface area contributed by atoms with Crippen LogP contribution < -0.4 is 10.6 Å². The number of rotatable bonds is 5. The smallest absolute Gasteiger partial charge is 0.272 e. The van der Waals surface area contributed by atoms with Gasteiger partial charge >= 0.3 is 0 Å². The number of aryl methyl sites for hydroxylation is 1. The molecule has 0 aliphatic heterocycles. The Labute approximate surface area is 138 Å². The Morgan fingerprint density at radius 3 is 2.87 bits per heavy atom. The number of anilines is 1. The summed E-state index contributed by atoms with van der Waals surface area (Å²) < 4.78 is 1.53. The third-order valence-electron chi connectivity index (χ3n) is 4.09. The fourth-order valence-electron chi connectivity index (χ4n) is 2.78. The van der Waals surface area contributed by atoms with Crippen LogP contribution in [0.2, 0.25) is 0 Å². The van der Waals surface area contributed by atoms with Crippen LogP contribution in [0.5, 0.6) is 0 Å². The van der Waals surface area contributed by atoms with Gasteiger partial charge in [-0.1, -0.05) is 18.9 Å². The van der Waals surface area contributed by atoms with Gasteiger partial charge in [0.2, 0.25) is 5.91 Å². The van der Waals surface area contributed by atoms with E-state index in [9.17, 15) is 9.59 Å². The number of carbonyl (C=O) groups excluding carboxylic acids is 2. The molecule has 1 aliphatic carbocycles. The minimum atomic E-state index is -0.240. The van der Waals surface area contributed by atoms with Crippen LogP contribution in [0, 0.1) is 5.92 Å². The summed E-state index contributed by atoms with van der Waals surface area (Å²) in [6.45, 7) is 0.483. The van der Waals surface area contributed by atoms with Crippen molar-refractivity contribution in [2.24, 2.45) is 13.0 Å². The second kappa shape index (κ2) is 6.95. The van der Waals surface area contributed by atoms with Gasteiger partial charge in [-0.15, -0.1) is 11.3 Å². The fourth-order valence-corrected chi connectivity index (χ4v) is 3.43. The number of thiophene rings is 1. The van der Waals surface area contributed by atoms with E-state index in [0.717, 1.165) is 30.6 Å². The second-order valence-corrected chi connectivity index (χ2v) is 6.80. The number of hydrogen-bond donors (Lipinski definition) is 2. The quantitative estimate of drug-likeness (QED) is 0.883. The average molecular weight is 332 g/mol. The summed E-state index contributed by atoms with van der Waals surface area (Å²) in [6.07, 6.45) is 4.11. The summed E-state index contributed by atoms with van der Waals surface area (Å²) in [5.41, 5.74) is 0.311. The van der Waals surface area contributed by atoms with Gasteiger partial charge in [0.1, 0.15) is 5.82 Å². The highest BCUT2D eigenvalue weighted by atomic mass is 32.1. The first kappa shape index (κ1) is 15.7. The van der Waals surface area contributed by atoms with Crippen LogP contribution in [0.15, 0.2) is 23.6 Å². The lowest BCUT2D eigenvalue weighted by molar-refractivity contribution is -0.119. The SMILES string of the molecule is Cn1nc(C(=O)NCc2cccs2)cc1NC(=O)C1CCCC1. The zero-order valence-corrected chi connectivity index (χ0v) is 13.9. The lowest BCUT2D eigenvalue weighted by Gasteiger charge is -2.09.